The van der Waals surface area contributed by atoms with E-state index in [0.29, 0.717) is 35.7 Å². The first-order chi connectivity index (χ1) is 17.7. The normalized spacial score (nSPS) is 12.1. The number of carboxylic acid groups (broad SMARTS) is 1. The van der Waals surface area contributed by atoms with E-state index in [1.165, 1.54) is 12.1 Å². The maximum atomic E-state index is 13.4. The monoisotopic (exact) mass is 524 g/mol. The zero-order valence-corrected chi connectivity index (χ0v) is 23.7. The fourth-order valence-corrected chi connectivity index (χ4v) is 3.73. The van der Waals surface area contributed by atoms with Crippen molar-refractivity contribution >= 4 is 36.9 Å². The number of carbonyl (C=O) groups excluding carboxylic acids is 1. The molecular formula is C30H38FN2O3P. The van der Waals surface area contributed by atoms with E-state index in [0.717, 1.165) is 23.7 Å². The first kappa shape index (κ1) is 31.7. The van der Waals surface area contributed by atoms with Gasteiger partial charge in [-0.3, -0.25) is 4.79 Å². The van der Waals surface area contributed by atoms with E-state index in [2.05, 4.69) is 37.9 Å². The van der Waals surface area contributed by atoms with Gasteiger partial charge in [0.15, 0.2) is 0 Å². The molecule has 1 heterocycles. The number of hydrogen-bond donors (Lipinski definition) is 2. The quantitative estimate of drug-likeness (QED) is 0.191. The van der Waals surface area contributed by atoms with Crippen LogP contribution in [0.3, 0.4) is 0 Å². The molecule has 7 heteroatoms. The van der Waals surface area contributed by atoms with Crippen molar-refractivity contribution in [3.05, 3.63) is 64.6 Å². The molecule has 0 aliphatic rings. The van der Waals surface area contributed by atoms with Crippen molar-refractivity contribution in [3.63, 3.8) is 0 Å². The number of benzene rings is 1. The van der Waals surface area contributed by atoms with Crippen LogP contribution in [-0.4, -0.2) is 33.3 Å². The number of halogens is 1. The van der Waals surface area contributed by atoms with Gasteiger partial charge in [0.2, 0.25) is 0 Å². The third-order valence-corrected chi connectivity index (χ3v) is 5.79. The van der Waals surface area contributed by atoms with E-state index in [-0.39, 0.29) is 23.1 Å². The summed E-state index contributed by atoms with van der Waals surface area (Å²) in [5.41, 5.74) is 2.01. The molecule has 0 spiro atoms. The topological polar surface area (TPSA) is 79.3 Å². The lowest BCUT2D eigenvalue weighted by atomic mass is 10.0. The van der Waals surface area contributed by atoms with Crippen molar-refractivity contribution in [1.29, 1.82) is 0 Å². The lowest BCUT2D eigenvalue weighted by Gasteiger charge is -2.17. The predicted octanol–water partition coefficient (Wildman–Crippen LogP) is 7.53. The molecule has 5 nitrogen and oxygen atoms in total. The predicted molar refractivity (Wildman–Crippen MR) is 155 cm³/mol. The van der Waals surface area contributed by atoms with Gasteiger partial charge < -0.3 is 10.4 Å². The van der Waals surface area contributed by atoms with E-state index in [9.17, 15) is 19.1 Å². The van der Waals surface area contributed by atoms with Gasteiger partial charge in [-0.2, -0.15) is 0 Å². The number of allylic oxidation sites excluding steroid dienone is 3. The van der Waals surface area contributed by atoms with Gasteiger partial charge in [-0.15, -0.1) is 8.86 Å². The number of carbonyl (C=O) groups is 2. The Kier molecular flexibility index (Phi) is 14.1. The fraction of sp³-hybridized carbons (Fsp3) is 0.400. The Balaban J connectivity index is 0.00000334. The molecule has 2 N–H and O–H groups in total. The number of pyridine rings is 1. The van der Waals surface area contributed by atoms with E-state index in [1.54, 1.807) is 31.2 Å². The summed E-state index contributed by atoms with van der Waals surface area (Å²) in [6, 6.07) is 6.21. The molecule has 0 bridgehead atoms. The second-order valence-corrected chi connectivity index (χ2v) is 8.94. The molecule has 1 amide bonds. The number of fused-ring (bicyclic) bond motifs is 1. The van der Waals surface area contributed by atoms with Gasteiger partial charge in [-0.05, 0) is 62.9 Å². The fourth-order valence-electron chi connectivity index (χ4n) is 3.42. The molecule has 0 aliphatic heterocycles. The standard InChI is InChI=1S/C28H32FN2O3P.C2H6/c1-5-8-22(35)13-10-19-11-14-25-23(16-19)24(28(33)34)17-26(31-25)27(32)30-21(7-3)15-18(4)9-12-20(29)6-2;1-2/h9,11-12,14,16-17,21,35H,5-8,15H2,1-4H3,(H,30,32)(H,33,34);1-2H3/b18-9+,20-12+;. The van der Waals surface area contributed by atoms with Crippen LogP contribution >= 0.6 is 8.86 Å². The summed E-state index contributed by atoms with van der Waals surface area (Å²) in [4.78, 5) is 29.3. The summed E-state index contributed by atoms with van der Waals surface area (Å²) in [7, 11) is 3.49. The summed E-state index contributed by atoms with van der Waals surface area (Å²) in [5, 5.41) is 14.0. The number of nitrogens with zero attached hydrogens (tertiary/aromatic N) is 1. The highest BCUT2D eigenvalue weighted by Gasteiger charge is 2.19. The Hall–Kier alpha value is -3.29. The first-order valence-corrected chi connectivity index (χ1v) is 13.3. The van der Waals surface area contributed by atoms with Gasteiger partial charge in [-0.1, -0.05) is 64.5 Å². The van der Waals surface area contributed by atoms with Crippen LogP contribution in [0.15, 0.2) is 47.8 Å². The molecule has 2 aromatic rings. The van der Waals surface area contributed by atoms with E-state index in [1.807, 2.05) is 27.7 Å². The van der Waals surface area contributed by atoms with Crippen LogP contribution in [0.4, 0.5) is 4.39 Å². The molecule has 37 heavy (non-hydrogen) atoms. The third-order valence-electron chi connectivity index (χ3n) is 5.41. The van der Waals surface area contributed by atoms with Gasteiger partial charge in [0.25, 0.3) is 5.91 Å². The SMILES string of the molecule is CC.CCCC(=P)C#Cc1ccc2nc(C(=O)NC(CC)C/C(C)=C/C=C(/F)CC)cc(C(=O)O)c2c1. The summed E-state index contributed by atoms with van der Waals surface area (Å²) >= 11 is 0. The molecule has 1 atom stereocenters. The van der Waals surface area contributed by atoms with Crippen molar-refractivity contribution in [3.8, 4) is 11.8 Å². The number of hydrogen-bond acceptors (Lipinski definition) is 3. The minimum absolute atomic E-state index is 0.00997. The molecule has 0 saturated carbocycles. The first-order valence-electron chi connectivity index (χ1n) is 12.8. The van der Waals surface area contributed by atoms with Gasteiger partial charge in [0.05, 0.1) is 16.9 Å². The molecule has 0 fully saturated rings. The maximum Gasteiger partial charge on any atom is 0.336 e. The Bertz CT molecular complexity index is 1240. The second kappa shape index (κ2) is 16.5. The minimum atomic E-state index is -1.15. The largest absolute Gasteiger partial charge is 0.478 e. The highest BCUT2D eigenvalue weighted by molar-refractivity contribution is 7.22. The van der Waals surface area contributed by atoms with Gasteiger partial charge >= 0.3 is 5.97 Å². The van der Waals surface area contributed by atoms with E-state index in [4.69, 9.17) is 0 Å². The zero-order valence-electron chi connectivity index (χ0n) is 22.7. The summed E-state index contributed by atoms with van der Waals surface area (Å²) < 4.78 is 13.4. The van der Waals surface area contributed by atoms with Crippen LogP contribution in [0, 0.1) is 11.8 Å². The molecule has 1 unspecified atom stereocenters. The maximum absolute atomic E-state index is 13.4. The van der Waals surface area contributed by atoms with Gasteiger partial charge in [-0.25, -0.2) is 14.2 Å². The van der Waals surface area contributed by atoms with E-state index >= 15 is 0 Å². The molecule has 2 rings (SSSR count). The highest BCUT2D eigenvalue weighted by Crippen LogP contribution is 2.21. The van der Waals surface area contributed by atoms with Gasteiger partial charge in [0.1, 0.15) is 5.69 Å². The van der Waals surface area contributed by atoms with Crippen LogP contribution in [0.5, 0.6) is 0 Å². The highest BCUT2D eigenvalue weighted by atomic mass is 31.0. The Morgan fingerprint density at radius 1 is 1.19 bits per heavy atom. The van der Waals surface area contributed by atoms with Crippen LogP contribution in [0.2, 0.25) is 0 Å². The van der Waals surface area contributed by atoms with Crippen molar-refractivity contribution in [2.75, 3.05) is 0 Å². The Labute approximate surface area is 222 Å². The van der Waals surface area contributed by atoms with E-state index < -0.39 is 11.9 Å². The summed E-state index contributed by atoms with van der Waals surface area (Å²) in [6.07, 6.45) is 6.48. The smallest absolute Gasteiger partial charge is 0.336 e. The molecule has 0 saturated heterocycles. The molecule has 1 aromatic heterocycles. The number of aromatic nitrogens is 1. The summed E-state index contributed by atoms with van der Waals surface area (Å²) in [6.45, 7) is 11.6. The lowest BCUT2D eigenvalue weighted by Crippen LogP contribution is -2.35. The lowest BCUT2D eigenvalue weighted by molar-refractivity contribution is 0.0699. The van der Waals surface area contributed by atoms with Crippen molar-refractivity contribution in [2.45, 2.75) is 79.7 Å². The average Bonchev–Trinajstić information content (AvgIpc) is 2.90. The van der Waals surface area contributed by atoms with Crippen LogP contribution < -0.4 is 5.32 Å². The van der Waals surface area contributed by atoms with Crippen molar-refractivity contribution < 1.29 is 19.1 Å². The molecule has 0 aliphatic carbocycles. The number of aromatic carboxylic acids is 1. The zero-order chi connectivity index (χ0) is 28.0. The molecule has 198 valence electrons. The number of carboxylic acids is 1. The molecular weight excluding hydrogens is 486 g/mol. The third kappa shape index (κ3) is 10.3. The number of amides is 1. The number of nitrogens with one attached hydrogen (secondary N) is 1. The van der Waals surface area contributed by atoms with Crippen molar-refractivity contribution in [2.24, 2.45) is 0 Å². The second-order valence-electron chi connectivity index (χ2n) is 8.33. The van der Waals surface area contributed by atoms with Gasteiger partial charge in [0, 0.05) is 22.3 Å². The Morgan fingerprint density at radius 2 is 1.89 bits per heavy atom. The van der Waals surface area contributed by atoms with Crippen molar-refractivity contribution in [1.82, 2.24) is 10.3 Å². The molecule has 0 radical (unpaired) electrons. The Morgan fingerprint density at radius 3 is 2.49 bits per heavy atom. The minimum Gasteiger partial charge on any atom is -0.478 e. The number of rotatable bonds is 10. The average molecular weight is 525 g/mol. The van der Waals surface area contributed by atoms with Crippen LogP contribution in [-0.2, 0) is 0 Å². The molecule has 1 aromatic carbocycles. The summed E-state index contributed by atoms with van der Waals surface area (Å²) in [5.74, 6) is 4.25. The van der Waals surface area contributed by atoms with Crippen LogP contribution in [0.25, 0.3) is 10.9 Å². The van der Waals surface area contributed by atoms with Crippen LogP contribution in [0.1, 0.15) is 100 Å².